The molecule has 7 nitrogen and oxygen atoms in total. The first-order valence-electron chi connectivity index (χ1n) is 14.0. The monoisotopic (exact) mass is 574 g/mol. The highest BCUT2D eigenvalue weighted by molar-refractivity contribution is 6.11. The molecule has 2 unspecified atom stereocenters. The average Bonchev–Trinajstić information content (AvgIpc) is 3.28. The number of hydrogen-bond acceptors (Lipinski definition) is 4. The lowest BCUT2D eigenvalue weighted by atomic mass is 9.93. The number of aliphatic hydroxyl groups excluding tert-OH is 2. The maximum Gasteiger partial charge on any atom is 0.305 e. The van der Waals surface area contributed by atoms with Crippen LogP contribution in [-0.4, -0.2) is 44.0 Å². The smallest absolute Gasteiger partial charge is 0.305 e. The second-order valence-corrected chi connectivity index (χ2v) is 10.4. The van der Waals surface area contributed by atoms with Gasteiger partial charge >= 0.3 is 5.97 Å². The zero-order chi connectivity index (χ0) is 30.8. The van der Waals surface area contributed by atoms with Crippen molar-refractivity contribution in [3.8, 4) is 11.3 Å². The van der Waals surface area contributed by atoms with Gasteiger partial charge in [-0.05, 0) is 73.2 Å². The number of nitrogens with one attached hydrogen (secondary N) is 1. The van der Waals surface area contributed by atoms with E-state index in [-0.39, 0.29) is 31.2 Å². The van der Waals surface area contributed by atoms with E-state index in [0.29, 0.717) is 28.1 Å². The number of aliphatic hydroxyl groups is 2. The van der Waals surface area contributed by atoms with Gasteiger partial charge in [0.2, 0.25) is 0 Å². The fraction of sp³-hybridized carbons (Fsp3) is 0.294. The Bertz CT molecular complexity index is 1440. The van der Waals surface area contributed by atoms with Crippen molar-refractivity contribution in [3.05, 3.63) is 108 Å². The number of hydrogen-bond donors (Lipinski definition) is 4. The van der Waals surface area contributed by atoms with Crippen molar-refractivity contribution >= 4 is 23.1 Å². The van der Waals surface area contributed by atoms with Crippen LogP contribution < -0.4 is 5.32 Å². The van der Waals surface area contributed by atoms with E-state index >= 15 is 0 Å². The number of para-hydroxylation sites is 1. The van der Waals surface area contributed by atoms with Gasteiger partial charge in [0, 0.05) is 23.5 Å². The summed E-state index contributed by atoms with van der Waals surface area (Å²) in [6.07, 6.45) is 4.62. The molecule has 222 valence electrons. The summed E-state index contributed by atoms with van der Waals surface area (Å²) in [6, 6.07) is 15.2. The molecule has 3 rings (SSSR count). The van der Waals surface area contributed by atoms with Crippen molar-refractivity contribution in [2.45, 2.75) is 64.7 Å². The molecule has 3 aromatic rings. The Morgan fingerprint density at radius 1 is 1.02 bits per heavy atom. The molecule has 2 atom stereocenters. The van der Waals surface area contributed by atoms with E-state index < -0.39 is 30.4 Å². The Morgan fingerprint density at radius 2 is 1.69 bits per heavy atom. The van der Waals surface area contributed by atoms with E-state index in [0.717, 1.165) is 11.3 Å². The van der Waals surface area contributed by atoms with Gasteiger partial charge in [0.25, 0.3) is 5.91 Å². The molecule has 0 saturated heterocycles. The first-order valence-corrected chi connectivity index (χ1v) is 14.0. The number of carboxylic acid groups (broad SMARTS) is 1. The fourth-order valence-corrected chi connectivity index (χ4v) is 5.09. The molecule has 42 heavy (non-hydrogen) atoms. The molecule has 8 heteroatoms. The van der Waals surface area contributed by atoms with Gasteiger partial charge in [-0.25, -0.2) is 4.39 Å². The third kappa shape index (κ3) is 8.15. The average molecular weight is 575 g/mol. The molecule has 0 saturated carbocycles. The van der Waals surface area contributed by atoms with Crippen LogP contribution in [0.3, 0.4) is 0 Å². The highest BCUT2D eigenvalue weighted by atomic mass is 19.1. The van der Waals surface area contributed by atoms with E-state index in [2.05, 4.69) is 11.9 Å². The Morgan fingerprint density at radius 3 is 2.26 bits per heavy atom. The highest BCUT2D eigenvalue weighted by Gasteiger charge is 2.31. The molecule has 0 aliphatic carbocycles. The van der Waals surface area contributed by atoms with E-state index in [1.807, 2.05) is 55.7 Å². The summed E-state index contributed by atoms with van der Waals surface area (Å²) in [6.45, 7) is 9.87. The summed E-state index contributed by atoms with van der Waals surface area (Å²) in [5.41, 5.74) is 4.57. The third-order valence-electron chi connectivity index (χ3n) is 6.88. The molecule has 1 aromatic heterocycles. The maximum absolute atomic E-state index is 14.1. The number of benzene rings is 2. The lowest BCUT2D eigenvalue weighted by Crippen LogP contribution is -2.22. The van der Waals surface area contributed by atoms with E-state index in [9.17, 15) is 24.2 Å². The SMILES string of the molecule is C=C/C=C\C(=C/C)c1c(C(=O)Nc2ccccc2)c(C(C)C)n(CCC(O)CC(O)CC(=O)O)c1-c1ccc(F)cc1. The summed E-state index contributed by atoms with van der Waals surface area (Å²) >= 11 is 0. The summed E-state index contributed by atoms with van der Waals surface area (Å²) in [5, 5.41) is 32.8. The molecule has 2 aromatic carbocycles. The van der Waals surface area contributed by atoms with Crippen molar-refractivity contribution < 1.29 is 29.3 Å². The van der Waals surface area contributed by atoms with Gasteiger partial charge in [0.1, 0.15) is 5.82 Å². The zero-order valence-corrected chi connectivity index (χ0v) is 24.3. The minimum atomic E-state index is -1.19. The van der Waals surface area contributed by atoms with Crippen molar-refractivity contribution in [2.75, 3.05) is 5.32 Å². The van der Waals surface area contributed by atoms with Crippen LogP contribution in [0.2, 0.25) is 0 Å². The minimum absolute atomic E-state index is 0.104. The molecular formula is C34H39FN2O5. The van der Waals surface area contributed by atoms with Gasteiger partial charge < -0.3 is 25.2 Å². The largest absolute Gasteiger partial charge is 0.481 e. The number of nitrogens with zero attached hydrogens (tertiary/aromatic N) is 1. The van der Waals surface area contributed by atoms with Crippen molar-refractivity contribution in [1.82, 2.24) is 4.57 Å². The molecule has 0 fully saturated rings. The number of carbonyl (C=O) groups excluding carboxylic acids is 1. The molecule has 1 amide bonds. The molecule has 4 N–H and O–H groups in total. The topological polar surface area (TPSA) is 112 Å². The minimum Gasteiger partial charge on any atom is -0.481 e. The molecule has 0 aliphatic heterocycles. The van der Waals surface area contributed by atoms with Crippen LogP contribution in [0.25, 0.3) is 16.8 Å². The normalized spacial score (nSPS) is 13.4. The first kappa shape index (κ1) is 32.2. The van der Waals surface area contributed by atoms with Crippen molar-refractivity contribution in [3.63, 3.8) is 0 Å². The van der Waals surface area contributed by atoms with Crippen LogP contribution in [0.4, 0.5) is 10.1 Å². The van der Waals surface area contributed by atoms with Crippen LogP contribution >= 0.6 is 0 Å². The predicted molar refractivity (Wildman–Crippen MR) is 165 cm³/mol. The Labute approximate surface area is 246 Å². The standard InChI is InChI=1S/C34H39FN2O5/c1-5-7-11-23(6-2)30-31(34(42)36-26-12-9-8-10-13-26)32(22(3)4)37(33(30)24-14-16-25(35)17-15-24)19-18-27(38)20-28(39)21-29(40)41/h5-17,22,27-28,38-39H,1,18-21H2,2-4H3,(H,36,42)(H,40,41)/b11-7-,23-6+. The molecule has 1 heterocycles. The highest BCUT2D eigenvalue weighted by Crippen LogP contribution is 2.41. The van der Waals surface area contributed by atoms with Gasteiger partial charge in [0.05, 0.1) is 29.9 Å². The number of aliphatic carboxylic acids is 1. The van der Waals surface area contributed by atoms with Crippen LogP contribution in [0.1, 0.15) is 67.6 Å². The van der Waals surface area contributed by atoms with E-state index in [4.69, 9.17) is 5.11 Å². The lowest BCUT2D eigenvalue weighted by Gasteiger charge is -2.20. The second kappa shape index (κ2) is 15.1. The maximum atomic E-state index is 14.1. The summed E-state index contributed by atoms with van der Waals surface area (Å²) in [7, 11) is 0. The molecule has 0 bridgehead atoms. The van der Waals surface area contributed by atoms with Crippen LogP contribution in [0.5, 0.6) is 0 Å². The Kier molecular flexibility index (Phi) is 11.6. The predicted octanol–water partition coefficient (Wildman–Crippen LogP) is 6.79. The lowest BCUT2D eigenvalue weighted by molar-refractivity contribution is -0.139. The summed E-state index contributed by atoms with van der Waals surface area (Å²) in [5.74, 6) is -1.99. The zero-order valence-electron chi connectivity index (χ0n) is 24.3. The molecule has 0 radical (unpaired) electrons. The Balaban J connectivity index is 2.27. The number of anilines is 1. The van der Waals surface area contributed by atoms with Gasteiger partial charge in [0.15, 0.2) is 0 Å². The number of amides is 1. The fourth-order valence-electron chi connectivity index (χ4n) is 5.09. The molecular weight excluding hydrogens is 535 g/mol. The number of carbonyl (C=O) groups is 2. The van der Waals surface area contributed by atoms with E-state index in [1.54, 1.807) is 36.4 Å². The number of halogens is 1. The van der Waals surface area contributed by atoms with Crippen molar-refractivity contribution in [1.29, 1.82) is 0 Å². The number of rotatable bonds is 14. The number of aromatic nitrogens is 1. The second-order valence-electron chi connectivity index (χ2n) is 10.4. The van der Waals surface area contributed by atoms with Crippen molar-refractivity contribution in [2.24, 2.45) is 0 Å². The molecule has 0 spiro atoms. The van der Waals surface area contributed by atoms with Crippen LogP contribution in [0.15, 0.2) is 85.5 Å². The van der Waals surface area contributed by atoms with Gasteiger partial charge in [-0.1, -0.05) is 62.9 Å². The third-order valence-corrected chi connectivity index (χ3v) is 6.88. The Hall–Kier alpha value is -4.27. The summed E-state index contributed by atoms with van der Waals surface area (Å²) < 4.78 is 16.0. The number of allylic oxidation sites excluding steroid dienone is 5. The quantitative estimate of drug-likeness (QED) is 0.158. The first-order chi connectivity index (χ1) is 20.1. The number of carboxylic acids is 1. The van der Waals surface area contributed by atoms with Gasteiger partial charge in [-0.3, -0.25) is 9.59 Å². The van der Waals surface area contributed by atoms with Crippen LogP contribution in [-0.2, 0) is 11.3 Å². The van der Waals surface area contributed by atoms with Gasteiger partial charge in [-0.2, -0.15) is 0 Å². The molecule has 0 aliphatic rings. The van der Waals surface area contributed by atoms with Gasteiger partial charge in [-0.15, -0.1) is 0 Å². The van der Waals surface area contributed by atoms with E-state index in [1.165, 1.54) is 12.1 Å². The van der Waals surface area contributed by atoms with Crippen LogP contribution in [0, 0.1) is 5.82 Å². The summed E-state index contributed by atoms with van der Waals surface area (Å²) in [4.78, 5) is 25.1.